The normalized spacial score (nSPS) is 17.2. The summed E-state index contributed by atoms with van der Waals surface area (Å²) in [7, 11) is 1.23. The van der Waals surface area contributed by atoms with Crippen molar-refractivity contribution in [2.75, 3.05) is 18.2 Å². The lowest BCUT2D eigenvalue weighted by molar-refractivity contribution is -0.167. The number of nitrogen functional groups attached to an aromatic ring is 1. The molecule has 3 amide bonds. The van der Waals surface area contributed by atoms with Gasteiger partial charge in [-0.25, -0.2) is 19.5 Å². The number of aromatic nitrogens is 1. The minimum atomic E-state index is -1.02. The van der Waals surface area contributed by atoms with Crippen LogP contribution in [-0.4, -0.2) is 40.9 Å². The van der Waals surface area contributed by atoms with E-state index in [0.717, 1.165) is 21.6 Å². The molecule has 1 aliphatic heterocycles. The second-order valence-electron chi connectivity index (χ2n) is 7.83. The molecule has 1 aliphatic rings. The van der Waals surface area contributed by atoms with Crippen molar-refractivity contribution in [1.82, 2.24) is 9.88 Å². The Labute approximate surface area is 191 Å². The van der Waals surface area contributed by atoms with E-state index in [9.17, 15) is 14.4 Å². The SMILES string of the molecule is COC(=O)[C@@H]1[C@@H](Cc2ccnc(N)c2)C(=O)N1C(=O)Nc1ccccc1Cc1ccccc1. The number of amides is 3. The summed E-state index contributed by atoms with van der Waals surface area (Å²) in [5, 5.41) is 2.79. The number of ether oxygens (including phenoxy) is 1. The van der Waals surface area contributed by atoms with E-state index in [1.54, 1.807) is 24.3 Å². The number of esters is 1. The molecule has 0 bridgehead atoms. The number of hydrogen-bond acceptors (Lipinski definition) is 6. The Morgan fingerprint density at radius 1 is 1.06 bits per heavy atom. The highest BCUT2D eigenvalue weighted by Gasteiger charge is 2.55. The number of carbonyl (C=O) groups excluding carboxylic acids is 3. The van der Waals surface area contributed by atoms with Gasteiger partial charge in [0.2, 0.25) is 5.91 Å². The molecular formula is C25H24N4O4. The fraction of sp³-hybridized carbons (Fsp3) is 0.200. The van der Waals surface area contributed by atoms with Crippen LogP contribution in [0.3, 0.4) is 0 Å². The number of hydrogen-bond donors (Lipinski definition) is 2. The van der Waals surface area contributed by atoms with Crippen LogP contribution in [0.25, 0.3) is 0 Å². The third kappa shape index (κ3) is 4.69. The minimum absolute atomic E-state index is 0.250. The monoisotopic (exact) mass is 444 g/mol. The summed E-state index contributed by atoms with van der Waals surface area (Å²) in [5.41, 5.74) is 9.03. The number of imide groups is 1. The minimum Gasteiger partial charge on any atom is -0.467 e. The molecule has 0 saturated carbocycles. The number of nitrogens with one attached hydrogen (secondary N) is 1. The van der Waals surface area contributed by atoms with Crippen LogP contribution < -0.4 is 11.1 Å². The van der Waals surface area contributed by atoms with Crippen molar-refractivity contribution in [3.63, 3.8) is 0 Å². The van der Waals surface area contributed by atoms with E-state index < -0.39 is 29.9 Å². The zero-order valence-electron chi connectivity index (χ0n) is 18.1. The summed E-state index contributed by atoms with van der Waals surface area (Å²) in [6.45, 7) is 0. The summed E-state index contributed by atoms with van der Waals surface area (Å²) in [5.74, 6) is -1.49. The molecule has 0 radical (unpaired) electrons. The van der Waals surface area contributed by atoms with Crippen molar-refractivity contribution in [3.05, 3.63) is 89.6 Å². The molecule has 1 fully saturated rings. The number of likely N-dealkylation sites (tertiary alicyclic amines) is 1. The van der Waals surface area contributed by atoms with E-state index in [0.29, 0.717) is 17.9 Å². The third-order valence-corrected chi connectivity index (χ3v) is 5.67. The van der Waals surface area contributed by atoms with Crippen LogP contribution in [0.1, 0.15) is 16.7 Å². The first-order chi connectivity index (χ1) is 16.0. The van der Waals surface area contributed by atoms with Gasteiger partial charge in [-0.1, -0.05) is 48.5 Å². The highest BCUT2D eigenvalue weighted by atomic mass is 16.5. The Morgan fingerprint density at radius 2 is 1.79 bits per heavy atom. The van der Waals surface area contributed by atoms with Crippen molar-refractivity contribution in [2.45, 2.75) is 18.9 Å². The summed E-state index contributed by atoms with van der Waals surface area (Å²) in [6.07, 6.45) is 2.40. The Hall–Kier alpha value is -4.20. The van der Waals surface area contributed by atoms with Crippen molar-refractivity contribution in [3.8, 4) is 0 Å². The second kappa shape index (κ2) is 9.52. The number of nitrogens with zero attached hydrogens (tertiary/aromatic N) is 2. The number of rotatable bonds is 6. The van der Waals surface area contributed by atoms with Crippen LogP contribution in [0.5, 0.6) is 0 Å². The fourth-order valence-electron chi connectivity index (χ4n) is 4.03. The van der Waals surface area contributed by atoms with Gasteiger partial charge in [0.15, 0.2) is 6.04 Å². The predicted octanol–water partition coefficient (Wildman–Crippen LogP) is 3.03. The summed E-state index contributed by atoms with van der Waals surface area (Å²) in [6, 6.07) is 18.9. The van der Waals surface area contributed by atoms with Gasteiger partial charge in [0.25, 0.3) is 0 Å². The number of carbonyl (C=O) groups is 3. The standard InChI is InChI=1S/C25H24N4O4/c1-33-24(31)22-19(14-17-11-12-27-21(26)15-17)23(30)29(22)25(32)28-20-10-6-5-9-18(20)13-16-7-3-2-4-8-16/h2-12,15,19,22H,13-14H2,1H3,(H2,26,27)(H,28,32)/t19-,22+/m1/s1. The molecule has 1 aromatic heterocycles. The average Bonchev–Trinajstić information content (AvgIpc) is 2.82. The lowest BCUT2D eigenvalue weighted by Crippen LogP contribution is -2.67. The third-order valence-electron chi connectivity index (χ3n) is 5.67. The fourth-order valence-corrected chi connectivity index (χ4v) is 4.03. The molecular weight excluding hydrogens is 420 g/mol. The molecule has 3 N–H and O–H groups in total. The summed E-state index contributed by atoms with van der Waals surface area (Å²) >= 11 is 0. The van der Waals surface area contributed by atoms with E-state index in [1.807, 2.05) is 42.5 Å². The van der Waals surface area contributed by atoms with Crippen LogP contribution >= 0.6 is 0 Å². The zero-order valence-corrected chi connectivity index (χ0v) is 18.1. The first kappa shape index (κ1) is 22.0. The molecule has 2 aromatic carbocycles. The van der Waals surface area contributed by atoms with Crippen molar-refractivity contribution in [2.24, 2.45) is 5.92 Å². The Kier molecular flexibility index (Phi) is 6.35. The quantitative estimate of drug-likeness (QED) is 0.446. The van der Waals surface area contributed by atoms with Crippen molar-refractivity contribution >= 4 is 29.4 Å². The summed E-state index contributed by atoms with van der Waals surface area (Å²) < 4.78 is 4.88. The Morgan fingerprint density at radius 3 is 2.52 bits per heavy atom. The highest BCUT2D eigenvalue weighted by molar-refractivity contribution is 6.11. The van der Waals surface area contributed by atoms with Gasteiger partial charge in [0.1, 0.15) is 5.82 Å². The van der Waals surface area contributed by atoms with Crippen LogP contribution in [0.15, 0.2) is 72.9 Å². The zero-order chi connectivity index (χ0) is 23.4. The number of β-lactam (4-membered cyclic amide) rings is 1. The molecule has 3 aromatic rings. The number of pyridine rings is 1. The van der Waals surface area contributed by atoms with Crippen LogP contribution in [-0.2, 0) is 27.2 Å². The maximum atomic E-state index is 13.0. The number of nitrogens with two attached hydrogens (primary N) is 1. The first-order valence-electron chi connectivity index (χ1n) is 10.5. The van der Waals surface area contributed by atoms with Gasteiger partial charge >= 0.3 is 12.0 Å². The summed E-state index contributed by atoms with van der Waals surface area (Å²) in [4.78, 5) is 43.3. The van der Waals surface area contributed by atoms with Gasteiger partial charge in [0, 0.05) is 11.9 Å². The van der Waals surface area contributed by atoms with Crippen molar-refractivity contribution < 1.29 is 19.1 Å². The predicted molar refractivity (Wildman–Crippen MR) is 123 cm³/mol. The van der Waals surface area contributed by atoms with Gasteiger partial charge < -0.3 is 15.8 Å². The second-order valence-corrected chi connectivity index (χ2v) is 7.83. The van der Waals surface area contributed by atoms with E-state index in [1.165, 1.54) is 13.3 Å². The Balaban J connectivity index is 1.52. The first-order valence-corrected chi connectivity index (χ1v) is 10.5. The molecule has 33 heavy (non-hydrogen) atoms. The topological polar surface area (TPSA) is 115 Å². The number of para-hydroxylation sites is 1. The lowest BCUT2D eigenvalue weighted by atomic mass is 9.82. The van der Waals surface area contributed by atoms with E-state index in [4.69, 9.17) is 10.5 Å². The molecule has 0 unspecified atom stereocenters. The van der Waals surface area contributed by atoms with E-state index in [-0.39, 0.29) is 6.42 Å². The number of benzene rings is 2. The molecule has 4 rings (SSSR count). The smallest absolute Gasteiger partial charge is 0.329 e. The van der Waals surface area contributed by atoms with Gasteiger partial charge in [-0.2, -0.15) is 0 Å². The maximum Gasteiger partial charge on any atom is 0.329 e. The molecule has 1 saturated heterocycles. The van der Waals surface area contributed by atoms with Gasteiger partial charge in [-0.05, 0) is 47.7 Å². The number of urea groups is 1. The highest BCUT2D eigenvalue weighted by Crippen LogP contribution is 2.32. The molecule has 168 valence electrons. The van der Waals surface area contributed by atoms with Crippen LogP contribution in [0.2, 0.25) is 0 Å². The van der Waals surface area contributed by atoms with E-state index in [2.05, 4.69) is 10.3 Å². The molecule has 0 aliphatic carbocycles. The molecule has 8 heteroatoms. The molecule has 2 heterocycles. The lowest BCUT2D eigenvalue weighted by Gasteiger charge is -2.43. The molecule has 2 atom stereocenters. The van der Waals surface area contributed by atoms with Crippen LogP contribution in [0.4, 0.5) is 16.3 Å². The number of anilines is 2. The van der Waals surface area contributed by atoms with Gasteiger partial charge in [0.05, 0.1) is 13.0 Å². The maximum absolute atomic E-state index is 13.0. The van der Waals surface area contributed by atoms with Crippen LogP contribution in [0, 0.1) is 5.92 Å². The van der Waals surface area contributed by atoms with Gasteiger partial charge in [-0.3, -0.25) is 4.79 Å². The molecule has 8 nitrogen and oxygen atoms in total. The average molecular weight is 444 g/mol. The largest absolute Gasteiger partial charge is 0.467 e. The Bertz CT molecular complexity index is 1180. The van der Waals surface area contributed by atoms with Gasteiger partial charge in [-0.15, -0.1) is 0 Å². The number of methoxy groups -OCH3 is 1. The molecule has 0 spiro atoms. The van der Waals surface area contributed by atoms with Crippen molar-refractivity contribution in [1.29, 1.82) is 0 Å². The van der Waals surface area contributed by atoms with E-state index >= 15 is 0 Å².